The third kappa shape index (κ3) is 3.54. The van der Waals surface area contributed by atoms with Crippen LogP contribution < -0.4 is 0 Å². The molecule has 0 atom stereocenters. The highest BCUT2D eigenvalue weighted by Crippen LogP contribution is 2.23. The molecule has 1 aromatic rings. The molecule has 1 aromatic heterocycles. The van der Waals surface area contributed by atoms with E-state index >= 15 is 0 Å². The second kappa shape index (κ2) is 7.32. The Morgan fingerprint density at radius 3 is 2.64 bits per heavy atom. The van der Waals surface area contributed by atoms with Crippen molar-refractivity contribution in [3.8, 4) is 0 Å². The first kappa shape index (κ1) is 15.6. The van der Waals surface area contributed by atoms with Gasteiger partial charge in [-0.3, -0.25) is 9.69 Å². The quantitative estimate of drug-likeness (QED) is 0.932. The number of carbonyl (C=O) groups is 1. The van der Waals surface area contributed by atoms with Gasteiger partial charge < -0.3 is 9.88 Å². The summed E-state index contributed by atoms with van der Waals surface area (Å²) in [6, 6.07) is 4.73. The molecule has 2 fully saturated rings. The fraction of sp³-hybridized carbons (Fsp3) is 0.722. The zero-order valence-corrected chi connectivity index (χ0v) is 13.8. The van der Waals surface area contributed by atoms with Crippen molar-refractivity contribution in [2.24, 2.45) is 0 Å². The molecule has 1 aliphatic carbocycles. The molecule has 1 aliphatic heterocycles. The van der Waals surface area contributed by atoms with Gasteiger partial charge in [0.15, 0.2) is 0 Å². The minimum Gasteiger partial charge on any atom is -0.354 e. The summed E-state index contributed by atoms with van der Waals surface area (Å²) in [7, 11) is 0. The first-order valence-electron chi connectivity index (χ1n) is 8.99. The Bertz CT molecular complexity index is 490. The number of amides is 1. The summed E-state index contributed by atoms with van der Waals surface area (Å²) in [5.41, 5.74) is 1.89. The highest BCUT2D eigenvalue weighted by Gasteiger charge is 2.26. The van der Waals surface area contributed by atoms with Crippen LogP contribution in [0, 0.1) is 0 Å². The van der Waals surface area contributed by atoms with E-state index in [-0.39, 0.29) is 5.91 Å². The maximum atomic E-state index is 12.6. The topological polar surface area (TPSA) is 39.3 Å². The zero-order chi connectivity index (χ0) is 15.4. The van der Waals surface area contributed by atoms with Crippen LogP contribution in [0.5, 0.6) is 0 Å². The molecule has 0 aromatic carbocycles. The van der Waals surface area contributed by atoms with Gasteiger partial charge in [-0.05, 0) is 37.8 Å². The first-order chi connectivity index (χ1) is 10.8. The number of H-pyrrole nitrogens is 1. The van der Waals surface area contributed by atoms with Crippen LogP contribution in [0.2, 0.25) is 0 Å². The Morgan fingerprint density at radius 1 is 1.09 bits per heavy atom. The van der Waals surface area contributed by atoms with Gasteiger partial charge in [-0.1, -0.05) is 26.2 Å². The van der Waals surface area contributed by atoms with Crippen molar-refractivity contribution in [1.82, 2.24) is 14.8 Å². The number of hydrogen-bond donors (Lipinski definition) is 1. The first-order valence-corrected chi connectivity index (χ1v) is 8.99. The lowest BCUT2D eigenvalue weighted by molar-refractivity contribution is 0.0749. The summed E-state index contributed by atoms with van der Waals surface area (Å²) in [6.07, 6.45) is 8.92. The zero-order valence-electron chi connectivity index (χ0n) is 13.8. The fourth-order valence-electron chi connectivity index (χ4n) is 3.89. The Morgan fingerprint density at radius 2 is 1.91 bits per heavy atom. The molecule has 2 aliphatic rings. The van der Waals surface area contributed by atoms with Crippen molar-refractivity contribution in [3.05, 3.63) is 23.5 Å². The molecule has 4 heteroatoms. The van der Waals surface area contributed by atoms with E-state index < -0.39 is 0 Å². The lowest BCUT2D eigenvalue weighted by Gasteiger charge is -2.33. The predicted octanol–water partition coefficient (Wildman–Crippen LogP) is 3.06. The molecular formula is C18H29N3O. The monoisotopic (exact) mass is 303 g/mol. The van der Waals surface area contributed by atoms with E-state index in [0.29, 0.717) is 0 Å². The van der Waals surface area contributed by atoms with Crippen molar-refractivity contribution in [1.29, 1.82) is 0 Å². The molecule has 122 valence electrons. The number of nitrogens with one attached hydrogen (secondary N) is 1. The Kier molecular flexibility index (Phi) is 5.19. The summed E-state index contributed by atoms with van der Waals surface area (Å²) >= 11 is 0. The Balaban J connectivity index is 1.58. The van der Waals surface area contributed by atoms with Gasteiger partial charge in [-0.2, -0.15) is 0 Å². The summed E-state index contributed by atoms with van der Waals surface area (Å²) in [6.45, 7) is 6.06. The molecule has 0 bridgehead atoms. The molecule has 1 saturated carbocycles. The van der Waals surface area contributed by atoms with E-state index in [0.717, 1.165) is 56.5 Å². The lowest BCUT2D eigenvalue weighted by Crippen LogP contribution is -2.40. The smallest absolute Gasteiger partial charge is 0.270 e. The van der Waals surface area contributed by atoms with Gasteiger partial charge in [0.05, 0.1) is 0 Å². The molecule has 1 N–H and O–H groups in total. The van der Waals surface area contributed by atoms with Crippen LogP contribution in [-0.4, -0.2) is 52.9 Å². The van der Waals surface area contributed by atoms with E-state index in [1.165, 1.54) is 32.1 Å². The SMILES string of the molecule is CCc1ccc(C(=O)N2CCCN(C3CCCCC3)CC2)[nH]1. The van der Waals surface area contributed by atoms with E-state index in [2.05, 4.69) is 16.8 Å². The van der Waals surface area contributed by atoms with Crippen LogP contribution in [0.15, 0.2) is 12.1 Å². The normalized spacial score (nSPS) is 21.8. The van der Waals surface area contributed by atoms with Crippen LogP contribution in [0.4, 0.5) is 0 Å². The summed E-state index contributed by atoms with van der Waals surface area (Å²) < 4.78 is 0. The van der Waals surface area contributed by atoms with E-state index in [1.807, 2.05) is 17.0 Å². The highest BCUT2D eigenvalue weighted by molar-refractivity contribution is 5.92. The molecule has 2 heterocycles. The van der Waals surface area contributed by atoms with Gasteiger partial charge in [0.2, 0.25) is 0 Å². The van der Waals surface area contributed by atoms with Crippen LogP contribution in [-0.2, 0) is 6.42 Å². The molecule has 0 unspecified atom stereocenters. The molecule has 1 amide bonds. The summed E-state index contributed by atoms with van der Waals surface area (Å²) in [5.74, 6) is 0.171. The minimum absolute atomic E-state index is 0.171. The third-order valence-electron chi connectivity index (χ3n) is 5.27. The summed E-state index contributed by atoms with van der Waals surface area (Å²) in [4.78, 5) is 20.6. The lowest BCUT2D eigenvalue weighted by atomic mass is 9.94. The van der Waals surface area contributed by atoms with E-state index in [1.54, 1.807) is 0 Å². The maximum Gasteiger partial charge on any atom is 0.270 e. The van der Waals surface area contributed by atoms with Gasteiger partial charge >= 0.3 is 0 Å². The number of aromatic nitrogens is 1. The van der Waals surface area contributed by atoms with Crippen molar-refractivity contribution in [2.75, 3.05) is 26.2 Å². The van der Waals surface area contributed by atoms with Crippen molar-refractivity contribution in [3.63, 3.8) is 0 Å². The second-order valence-electron chi connectivity index (χ2n) is 6.72. The van der Waals surface area contributed by atoms with E-state index in [4.69, 9.17) is 0 Å². The molecule has 3 rings (SSSR count). The fourth-order valence-corrected chi connectivity index (χ4v) is 3.89. The van der Waals surface area contributed by atoms with Crippen molar-refractivity contribution >= 4 is 5.91 Å². The average Bonchev–Trinajstić information content (AvgIpc) is 2.92. The molecular weight excluding hydrogens is 274 g/mol. The maximum absolute atomic E-state index is 12.6. The van der Waals surface area contributed by atoms with Crippen LogP contribution in [0.3, 0.4) is 0 Å². The van der Waals surface area contributed by atoms with Gasteiger partial charge in [0.1, 0.15) is 5.69 Å². The number of carbonyl (C=O) groups excluding carboxylic acids is 1. The number of aryl methyl sites for hydroxylation is 1. The third-order valence-corrected chi connectivity index (χ3v) is 5.27. The minimum atomic E-state index is 0.171. The van der Waals surface area contributed by atoms with E-state index in [9.17, 15) is 4.79 Å². The van der Waals surface area contributed by atoms with Gasteiger partial charge in [-0.15, -0.1) is 0 Å². The number of rotatable bonds is 3. The molecule has 0 spiro atoms. The highest BCUT2D eigenvalue weighted by atomic mass is 16.2. The van der Waals surface area contributed by atoms with Crippen LogP contribution in [0.1, 0.15) is 61.6 Å². The van der Waals surface area contributed by atoms with Crippen molar-refractivity contribution in [2.45, 2.75) is 57.9 Å². The number of aromatic amines is 1. The Labute approximate surface area is 133 Å². The van der Waals surface area contributed by atoms with Crippen molar-refractivity contribution < 1.29 is 4.79 Å². The van der Waals surface area contributed by atoms with Gasteiger partial charge in [0.25, 0.3) is 5.91 Å². The van der Waals surface area contributed by atoms with Gasteiger partial charge in [0, 0.05) is 37.9 Å². The largest absolute Gasteiger partial charge is 0.354 e. The molecule has 22 heavy (non-hydrogen) atoms. The standard InChI is InChI=1S/C18H29N3O/c1-2-15-9-10-17(19-15)18(22)21-12-6-11-20(13-14-21)16-7-4-3-5-8-16/h9-10,16,19H,2-8,11-14H2,1H3. The number of nitrogens with zero attached hydrogens (tertiary/aromatic N) is 2. The Hall–Kier alpha value is -1.29. The predicted molar refractivity (Wildman–Crippen MR) is 89.1 cm³/mol. The second-order valence-corrected chi connectivity index (χ2v) is 6.72. The average molecular weight is 303 g/mol. The van der Waals surface area contributed by atoms with Crippen LogP contribution >= 0.6 is 0 Å². The van der Waals surface area contributed by atoms with Crippen LogP contribution in [0.25, 0.3) is 0 Å². The molecule has 0 radical (unpaired) electrons. The van der Waals surface area contributed by atoms with Gasteiger partial charge in [-0.25, -0.2) is 0 Å². The molecule has 4 nitrogen and oxygen atoms in total. The number of hydrogen-bond acceptors (Lipinski definition) is 2. The molecule has 1 saturated heterocycles. The summed E-state index contributed by atoms with van der Waals surface area (Å²) in [5, 5.41) is 0.